The van der Waals surface area contributed by atoms with E-state index < -0.39 is 23.7 Å². The van der Waals surface area contributed by atoms with Crippen LogP contribution in [0.4, 0.5) is 4.39 Å². The number of ketones is 1. The highest BCUT2D eigenvalue weighted by atomic mass is 35.5. The van der Waals surface area contributed by atoms with E-state index in [1.807, 2.05) is 0 Å². The van der Waals surface area contributed by atoms with E-state index in [1.165, 1.54) is 12.1 Å². The van der Waals surface area contributed by atoms with Crippen LogP contribution in [0.2, 0.25) is 5.02 Å². The zero-order valence-electron chi connectivity index (χ0n) is 16.3. The molecule has 0 fully saturated rings. The van der Waals surface area contributed by atoms with Crippen molar-refractivity contribution in [2.45, 2.75) is 39.2 Å². The molecular formula is C22H21ClFNO4. The molecule has 0 saturated heterocycles. The predicted molar refractivity (Wildman–Crippen MR) is 107 cm³/mol. The van der Waals surface area contributed by atoms with Gasteiger partial charge in [-0.2, -0.15) is 0 Å². The Labute approximate surface area is 173 Å². The summed E-state index contributed by atoms with van der Waals surface area (Å²) in [7, 11) is 0. The number of benzene rings is 2. The molecule has 1 unspecified atom stereocenters. The quantitative estimate of drug-likeness (QED) is 0.573. The third-order valence-electron chi connectivity index (χ3n) is 4.94. The molecule has 2 aromatic rings. The van der Waals surface area contributed by atoms with Gasteiger partial charge < -0.3 is 10.1 Å². The minimum Gasteiger partial charge on any atom is -0.424 e. The highest BCUT2D eigenvalue weighted by Gasteiger charge is 2.34. The summed E-state index contributed by atoms with van der Waals surface area (Å²) in [4.78, 5) is 37.6. The number of ether oxygens (including phenoxy) is 1. The number of carbonyl (C=O) groups excluding carboxylic acids is 3. The third kappa shape index (κ3) is 4.32. The molecule has 1 aliphatic rings. The highest BCUT2D eigenvalue weighted by molar-refractivity contribution is 6.30. The molecule has 29 heavy (non-hydrogen) atoms. The van der Waals surface area contributed by atoms with Crippen LogP contribution >= 0.6 is 11.6 Å². The second-order valence-corrected chi connectivity index (χ2v) is 7.92. The van der Waals surface area contributed by atoms with Gasteiger partial charge in [0.2, 0.25) is 0 Å². The van der Waals surface area contributed by atoms with Gasteiger partial charge in [-0.25, -0.2) is 9.18 Å². The van der Waals surface area contributed by atoms with Crippen molar-refractivity contribution < 1.29 is 23.5 Å². The summed E-state index contributed by atoms with van der Waals surface area (Å²) in [5.41, 5.74) is 0.725. The molecule has 0 spiro atoms. The normalized spacial score (nSPS) is 16.5. The smallest absolute Gasteiger partial charge is 0.334 e. The lowest BCUT2D eigenvalue weighted by Crippen LogP contribution is -2.46. The Bertz CT molecular complexity index is 972. The minimum atomic E-state index is -0.951. The number of halogens is 2. The van der Waals surface area contributed by atoms with Gasteiger partial charge in [0, 0.05) is 22.6 Å². The Hall–Kier alpha value is -2.73. The number of nitrogens with one attached hydrogen (secondary N) is 1. The van der Waals surface area contributed by atoms with Crippen LogP contribution in [0.15, 0.2) is 36.4 Å². The Kier molecular flexibility index (Phi) is 6.03. The monoisotopic (exact) mass is 417 g/mol. The van der Waals surface area contributed by atoms with E-state index in [0.29, 0.717) is 10.6 Å². The molecule has 152 valence electrons. The Morgan fingerprint density at radius 2 is 1.83 bits per heavy atom. The van der Waals surface area contributed by atoms with Gasteiger partial charge in [-0.3, -0.25) is 9.59 Å². The first-order valence-corrected chi connectivity index (χ1v) is 9.70. The number of amides is 1. The first kappa shape index (κ1) is 21.0. The molecule has 2 atom stereocenters. The molecular weight excluding hydrogens is 397 g/mol. The Morgan fingerprint density at radius 3 is 2.45 bits per heavy atom. The highest BCUT2D eigenvalue weighted by Crippen LogP contribution is 2.39. The third-order valence-corrected chi connectivity index (χ3v) is 5.19. The summed E-state index contributed by atoms with van der Waals surface area (Å²) in [5.74, 6) is -2.46. The summed E-state index contributed by atoms with van der Waals surface area (Å²) in [6.45, 7) is 5.27. The number of hydrogen-bond donors (Lipinski definition) is 1. The van der Waals surface area contributed by atoms with Crippen molar-refractivity contribution in [2.75, 3.05) is 0 Å². The summed E-state index contributed by atoms with van der Waals surface area (Å²) in [5, 5.41) is 3.15. The lowest BCUT2D eigenvalue weighted by Gasteiger charge is -2.21. The Balaban J connectivity index is 1.82. The van der Waals surface area contributed by atoms with Crippen LogP contribution in [0.25, 0.3) is 0 Å². The van der Waals surface area contributed by atoms with Crippen LogP contribution in [0.3, 0.4) is 0 Å². The van der Waals surface area contributed by atoms with E-state index in [1.54, 1.807) is 45.0 Å². The largest absolute Gasteiger partial charge is 0.424 e. The number of carbonyl (C=O) groups is 3. The van der Waals surface area contributed by atoms with Crippen molar-refractivity contribution in [3.8, 4) is 5.75 Å². The molecule has 0 aromatic heterocycles. The zero-order valence-corrected chi connectivity index (χ0v) is 17.0. The van der Waals surface area contributed by atoms with E-state index in [9.17, 15) is 18.8 Å². The lowest BCUT2D eigenvalue weighted by molar-refractivity contribution is -0.137. The number of esters is 1. The molecule has 0 aliphatic heterocycles. The van der Waals surface area contributed by atoms with Crippen molar-refractivity contribution in [1.82, 2.24) is 5.32 Å². The fourth-order valence-corrected chi connectivity index (χ4v) is 3.53. The number of rotatable bonds is 5. The second kappa shape index (κ2) is 8.33. The van der Waals surface area contributed by atoms with Gasteiger partial charge >= 0.3 is 5.97 Å². The van der Waals surface area contributed by atoms with Crippen molar-refractivity contribution in [1.29, 1.82) is 0 Å². The predicted octanol–water partition coefficient (Wildman–Crippen LogP) is 4.53. The van der Waals surface area contributed by atoms with Gasteiger partial charge in [-0.05, 0) is 48.2 Å². The number of fused-ring (bicyclic) bond motifs is 1. The maximum Gasteiger partial charge on any atom is 0.334 e. The van der Waals surface area contributed by atoms with Crippen molar-refractivity contribution >= 4 is 29.3 Å². The van der Waals surface area contributed by atoms with Gasteiger partial charge in [-0.1, -0.05) is 32.4 Å². The molecule has 0 saturated carbocycles. The second-order valence-electron chi connectivity index (χ2n) is 7.49. The van der Waals surface area contributed by atoms with Crippen LogP contribution in [0.1, 0.15) is 59.4 Å². The maximum atomic E-state index is 14.1. The van der Waals surface area contributed by atoms with Gasteiger partial charge in [-0.15, -0.1) is 0 Å². The first-order chi connectivity index (χ1) is 13.7. The lowest BCUT2D eigenvalue weighted by atomic mass is 10.0. The van der Waals surface area contributed by atoms with Crippen molar-refractivity contribution in [2.24, 2.45) is 5.92 Å². The van der Waals surface area contributed by atoms with Crippen molar-refractivity contribution in [3.63, 3.8) is 0 Å². The van der Waals surface area contributed by atoms with Gasteiger partial charge in [0.15, 0.2) is 5.78 Å². The SMILES string of the molecule is CC1CC(=O)c2c(OC(=O)[C@@H](NC(=O)c3ccc(Cl)cc3)C(C)C)ccc(F)c21. The molecule has 1 aliphatic carbocycles. The van der Waals surface area contributed by atoms with E-state index in [2.05, 4.69) is 5.32 Å². The zero-order chi connectivity index (χ0) is 21.3. The van der Waals surface area contributed by atoms with Crippen molar-refractivity contribution in [3.05, 3.63) is 63.9 Å². The fourth-order valence-electron chi connectivity index (χ4n) is 3.41. The Morgan fingerprint density at radius 1 is 1.17 bits per heavy atom. The molecule has 7 heteroatoms. The number of Topliss-reactive ketones (excluding diaryl/α,β-unsaturated/α-hetero) is 1. The van der Waals surface area contributed by atoms with Gasteiger partial charge in [0.05, 0.1) is 5.56 Å². The van der Waals surface area contributed by atoms with Crippen LogP contribution in [-0.2, 0) is 4.79 Å². The standard InChI is InChI=1S/C22H21ClFNO4/c1-11(2)20(25-21(27)13-4-6-14(23)7-5-13)22(28)29-17-9-8-15(24)18-12(3)10-16(26)19(17)18/h4-9,11-12,20H,10H2,1-3H3,(H,25,27)/t12?,20-/m0/s1. The minimum absolute atomic E-state index is 0.0205. The summed E-state index contributed by atoms with van der Waals surface area (Å²) in [6, 6.07) is 7.77. The molecule has 5 nitrogen and oxygen atoms in total. The fraction of sp³-hybridized carbons (Fsp3) is 0.318. The average Bonchev–Trinajstić information content (AvgIpc) is 2.97. The number of hydrogen-bond acceptors (Lipinski definition) is 4. The summed E-state index contributed by atoms with van der Waals surface area (Å²) in [6.07, 6.45) is 0.168. The van der Waals surface area contributed by atoms with E-state index in [4.69, 9.17) is 16.3 Å². The molecule has 0 heterocycles. The summed E-state index contributed by atoms with van der Waals surface area (Å²) < 4.78 is 19.6. The van der Waals surface area contributed by atoms with E-state index >= 15 is 0 Å². The molecule has 2 aromatic carbocycles. The van der Waals surface area contributed by atoms with Crippen LogP contribution < -0.4 is 10.1 Å². The van der Waals surface area contributed by atoms with Crippen LogP contribution in [0, 0.1) is 11.7 Å². The van der Waals surface area contributed by atoms with E-state index in [-0.39, 0.29) is 40.9 Å². The van der Waals surface area contributed by atoms with Gasteiger partial charge in [0.1, 0.15) is 17.6 Å². The molecule has 3 rings (SSSR count). The molecule has 1 N–H and O–H groups in total. The van der Waals surface area contributed by atoms with E-state index in [0.717, 1.165) is 0 Å². The molecule has 0 bridgehead atoms. The first-order valence-electron chi connectivity index (χ1n) is 9.32. The maximum absolute atomic E-state index is 14.1. The topological polar surface area (TPSA) is 72.5 Å². The van der Waals surface area contributed by atoms with Crippen LogP contribution in [0.5, 0.6) is 5.75 Å². The molecule has 1 amide bonds. The van der Waals surface area contributed by atoms with Gasteiger partial charge in [0.25, 0.3) is 5.91 Å². The molecule has 0 radical (unpaired) electrons. The van der Waals surface area contributed by atoms with Crippen LogP contribution in [-0.4, -0.2) is 23.7 Å². The average molecular weight is 418 g/mol. The summed E-state index contributed by atoms with van der Waals surface area (Å²) >= 11 is 5.83.